The van der Waals surface area contributed by atoms with E-state index >= 15 is 0 Å². The van der Waals surface area contributed by atoms with Crippen molar-refractivity contribution in [3.05, 3.63) is 0 Å². The molecule has 0 unspecified atom stereocenters. The van der Waals surface area contributed by atoms with Crippen LogP contribution in [0.5, 0.6) is 0 Å². The summed E-state index contributed by atoms with van der Waals surface area (Å²) in [5, 5.41) is 0.819. The predicted molar refractivity (Wildman–Crippen MR) is 73.6 cm³/mol. The average Bonchev–Trinajstić information content (AvgIpc) is 2.34. The number of imide groups is 1. The molecule has 0 aromatic heterocycles. The van der Waals surface area contributed by atoms with Crippen LogP contribution in [0.3, 0.4) is 0 Å². The van der Waals surface area contributed by atoms with Crippen molar-refractivity contribution in [1.82, 2.24) is 4.90 Å². The molecule has 0 aromatic rings. The quantitative estimate of drug-likeness (QED) is 0.534. The summed E-state index contributed by atoms with van der Waals surface area (Å²) >= 11 is 3.56. The number of hydrogen-bond acceptors (Lipinski definition) is 3. The summed E-state index contributed by atoms with van der Waals surface area (Å²) in [6.07, 6.45) is 4.14. The lowest BCUT2D eigenvalue weighted by Crippen LogP contribution is -2.51. The zero-order chi connectivity index (χ0) is 13.6. The third-order valence-electron chi connectivity index (χ3n) is 3.39. The first kappa shape index (κ1) is 15.6. The Morgan fingerprint density at radius 2 is 1.67 bits per heavy atom. The number of carbonyl (C=O) groups is 2. The summed E-state index contributed by atoms with van der Waals surface area (Å²) in [7, 11) is 0. The van der Waals surface area contributed by atoms with Gasteiger partial charge in [0.05, 0.1) is 0 Å². The molecule has 2 amide bonds. The molecule has 1 saturated heterocycles. The molecule has 5 heteroatoms. The van der Waals surface area contributed by atoms with Gasteiger partial charge in [0.15, 0.2) is 0 Å². The minimum Gasteiger partial charge on any atom is -0.362 e. The van der Waals surface area contributed by atoms with Gasteiger partial charge in [-0.2, -0.15) is 0 Å². The molecule has 1 rings (SSSR count). The highest BCUT2D eigenvalue weighted by Gasteiger charge is 2.36. The molecule has 1 heterocycles. The molecule has 0 aromatic carbocycles. The SMILES string of the molecule is CCCC(CBr)(CCC)CN1C(=O)COCC1=O. The largest absolute Gasteiger partial charge is 0.362 e. The molecule has 0 bridgehead atoms. The Balaban J connectivity index is 2.80. The van der Waals surface area contributed by atoms with E-state index in [0.29, 0.717) is 6.54 Å². The van der Waals surface area contributed by atoms with Gasteiger partial charge in [-0.05, 0) is 18.3 Å². The third kappa shape index (κ3) is 3.79. The van der Waals surface area contributed by atoms with Crippen LogP contribution in [0.15, 0.2) is 0 Å². The van der Waals surface area contributed by atoms with Crippen molar-refractivity contribution in [2.24, 2.45) is 5.41 Å². The summed E-state index contributed by atoms with van der Waals surface area (Å²) in [6.45, 7) is 4.84. The van der Waals surface area contributed by atoms with Crippen LogP contribution in [0, 0.1) is 5.41 Å². The Morgan fingerprint density at radius 3 is 2.06 bits per heavy atom. The van der Waals surface area contributed by atoms with Crippen LogP contribution >= 0.6 is 15.9 Å². The third-order valence-corrected chi connectivity index (χ3v) is 4.58. The number of nitrogens with zero attached hydrogens (tertiary/aromatic N) is 1. The van der Waals surface area contributed by atoms with E-state index in [1.807, 2.05) is 0 Å². The first-order valence-electron chi connectivity index (χ1n) is 6.55. The van der Waals surface area contributed by atoms with Gasteiger partial charge in [-0.1, -0.05) is 42.6 Å². The smallest absolute Gasteiger partial charge is 0.255 e. The fraction of sp³-hybridized carbons (Fsp3) is 0.846. The summed E-state index contributed by atoms with van der Waals surface area (Å²) in [6, 6.07) is 0. The predicted octanol–water partition coefficient (Wildman–Crippen LogP) is 2.35. The molecular formula is C13H22BrNO3. The van der Waals surface area contributed by atoms with Crippen molar-refractivity contribution in [3.63, 3.8) is 0 Å². The van der Waals surface area contributed by atoms with Crippen LogP contribution < -0.4 is 0 Å². The van der Waals surface area contributed by atoms with Gasteiger partial charge in [0.2, 0.25) is 0 Å². The highest BCUT2D eigenvalue weighted by molar-refractivity contribution is 9.09. The zero-order valence-electron chi connectivity index (χ0n) is 11.2. The van der Waals surface area contributed by atoms with Crippen LogP contribution in [0.2, 0.25) is 0 Å². The van der Waals surface area contributed by atoms with Crippen LogP contribution in [0.1, 0.15) is 39.5 Å². The second-order valence-electron chi connectivity index (χ2n) is 5.00. The molecule has 1 fully saturated rings. The first-order chi connectivity index (χ1) is 8.58. The number of hydrogen-bond donors (Lipinski definition) is 0. The second-order valence-corrected chi connectivity index (χ2v) is 5.56. The van der Waals surface area contributed by atoms with Crippen molar-refractivity contribution in [3.8, 4) is 0 Å². The molecule has 0 saturated carbocycles. The van der Waals surface area contributed by atoms with E-state index in [1.165, 1.54) is 4.90 Å². The topological polar surface area (TPSA) is 46.6 Å². The lowest BCUT2D eigenvalue weighted by Gasteiger charge is -2.37. The van der Waals surface area contributed by atoms with Gasteiger partial charge in [0.25, 0.3) is 11.8 Å². The number of halogens is 1. The van der Waals surface area contributed by atoms with Crippen LogP contribution in [-0.2, 0) is 14.3 Å². The zero-order valence-corrected chi connectivity index (χ0v) is 12.8. The van der Waals surface area contributed by atoms with E-state index in [-0.39, 0.29) is 30.4 Å². The Kier molecular flexibility index (Phi) is 6.29. The molecule has 0 spiro atoms. The fourth-order valence-corrected chi connectivity index (χ4v) is 3.29. The lowest BCUT2D eigenvalue weighted by molar-refractivity contribution is -0.160. The van der Waals surface area contributed by atoms with Gasteiger partial charge in [-0.3, -0.25) is 14.5 Å². The van der Waals surface area contributed by atoms with Gasteiger partial charge in [0.1, 0.15) is 13.2 Å². The summed E-state index contributed by atoms with van der Waals surface area (Å²) in [5.41, 5.74) is 0.00611. The van der Waals surface area contributed by atoms with Crippen molar-refractivity contribution in [2.75, 3.05) is 25.1 Å². The molecule has 18 heavy (non-hydrogen) atoms. The highest BCUT2D eigenvalue weighted by atomic mass is 79.9. The molecule has 0 radical (unpaired) electrons. The minimum atomic E-state index is -0.205. The Hall–Kier alpha value is -0.420. The second kappa shape index (κ2) is 7.24. The van der Waals surface area contributed by atoms with Crippen LogP contribution in [0.4, 0.5) is 0 Å². The van der Waals surface area contributed by atoms with Crippen LogP contribution in [-0.4, -0.2) is 41.8 Å². The molecule has 104 valence electrons. The van der Waals surface area contributed by atoms with Gasteiger partial charge in [0, 0.05) is 11.9 Å². The van der Waals surface area contributed by atoms with Crippen LogP contribution in [0.25, 0.3) is 0 Å². The van der Waals surface area contributed by atoms with E-state index in [2.05, 4.69) is 29.8 Å². The van der Waals surface area contributed by atoms with Gasteiger partial charge < -0.3 is 4.74 Å². The summed E-state index contributed by atoms with van der Waals surface area (Å²) in [4.78, 5) is 24.9. The molecule has 1 aliphatic rings. The van der Waals surface area contributed by atoms with Crippen molar-refractivity contribution in [2.45, 2.75) is 39.5 Å². The monoisotopic (exact) mass is 319 g/mol. The Morgan fingerprint density at radius 1 is 1.17 bits per heavy atom. The molecular weight excluding hydrogens is 298 g/mol. The Bertz CT molecular complexity index is 285. The standard InChI is InChI=1S/C13H22BrNO3/c1-3-5-13(9-14,6-4-2)10-15-11(16)7-18-8-12(15)17/h3-10H2,1-2H3. The number of rotatable bonds is 7. The molecule has 1 aliphatic heterocycles. The van der Waals surface area contributed by atoms with Gasteiger partial charge >= 0.3 is 0 Å². The van der Waals surface area contributed by atoms with Crippen molar-refractivity contribution >= 4 is 27.7 Å². The number of ether oxygens (including phenoxy) is 1. The lowest BCUT2D eigenvalue weighted by atomic mass is 9.80. The van der Waals surface area contributed by atoms with E-state index in [0.717, 1.165) is 31.0 Å². The number of amides is 2. The van der Waals surface area contributed by atoms with Gasteiger partial charge in [-0.15, -0.1) is 0 Å². The number of carbonyl (C=O) groups excluding carboxylic acids is 2. The van der Waals surface area contributed by atoms with E-state index in [9.17, 15) is 9.59 Å². The van der Waals surface area contributed by atoms with Crippen molar-refractivity contribution in [1.29, 1.82) is 0 Å². The maximum atomic E-state index is 11.8. The highest BCUT2D eigenvalue weighted by Crippen LogP contribution is 2.33. The normalized spacial score (nSPS) is 17.4. The average molecular weight is 320 g/mol. The maximum absolute atomic E-state index is 11.8. The van der Waals surface area contributed by atoms with E-state index < -0.39 is 0 Å². The number of morpholine rings is 1. The van der Waals surface area contributed by atoms with Gasteiger partial charge in [-0.25, -0.2) is 0 Å². The fourth-order valence-electron chi connectivity index (χ4n) is 2.55. The number of alkyl halides is 1. The summed E-state index contributed by atoms with van der Waals surface area (Å²) in [5.74, 6) is -0.410. The Labute approximate surface area is 117 Å². The molecule has 0 aliphatic carbocycles. The van der Waals surface area contributed by atoms with E-state index in [4.69, 9.17) is 4.74 Å². The molecule has 4 nitrogen and oxygen atoms in total. The maximum Gasteiger partial charge on any atom is 0.255 e. The van der Waals surface area contributed by atoms with E-state index in [1.54, 1.807) is 0 Å². The first-order valence-corrected chi connectivity index (χ1v) is 7.67. The van der Waals surface area contributed by atoms with Crippen molar-refractivity contribution < 1.29 is 14.3 Å². The minimum absolute atomic E-state index is 0.00611. The molecule has 0 atom stereocenters. The molecule has 0 N–H and O–H groups in total. The summed E-state index contributed by atoms with van der Waals surface area (Å²) < 4.78 is 4.94.